The smallest absolute Gasteiger partial charge is 0.195 e. The predicted molar refractivity (Wildman–Crippen MR) is 82.5 cm³/mol. The summed E-state index contributed by atoms with van der Waals surface area (Å²) in [6.45, 7) is 4.98. The molecule has 2 aromatic heterocycles. The summed E-state index contributed by atoms with van der Waals surface area (Å²) in [6, 6.07) is 0.670. The molecular weight excluding hydrogens is 272 g/mol. The van der Waals surface area contributed by atoms with Crippen LogP contribution in [-0.4, -0.2) is 39.7 Å². The SMILES string of the molecule is CN(c1nc2sccn2c1CNC1CC1)C(C)(C)CO. The maximum atomic E-state index is 9.58. The van der Waals surface area contributed by atoms with E-state index in [0.717, 1.165) is 17.3 Å². The Bertz CT molecular complexity index is 599. The van der Waals surface area contributed by atoms with Crippen molar-refractivity contribution in [1.82, 2.24) is 14.7 Å². The van der Waals surface area contributed by atoms with Crippen molar-refractivity contribution < 1.29 is 5.11 Å². The molecule has 1 aliphatic rings. The molecule has 0 atom stereocenters. The van der Waals surface area contributed by atoms with Crippen molar-refractivity contribution in [3.05, 3.63) is 17.3 Å². The summed E-state index contributed by atoms with van der Waals surface area (Å²) < 4.78 is 2.15. The Morgan fingerprint density at radius 1 is 1.55 bits per heavy atom. The van der Waals surface area contributed by atoms with Gasteiger partial charge in [0.15, 0.2) is 10.8 Å². The first-order valence-corrected chi connectivity index (χ1v) is 7.93. The Morgan fingerprint density at radius 2 is 2.30 bits per heavy atom. The highest BCUT2D eigenvalue weighted by atomic mass is 32.1. The number of aliphatic hydroxyl groups is 1. The first-order valence-electron chi connectivity index (χ1n) is 7.05. The van der Waals surface area contributed by atoms with Crippen molar-refractivity contribution in [1.29, 1.82) is 0 Å². The van der Waals surface area contributed by atoms with Crippen LogP contribution in [0.1, 0.15) is 32.4 Å². The molecule has 1 fully saturated rings. The van der Waals surface area contributed by atoms with Crippen LogP contribution in [0.25, 0.3) is 4.96 Å². The highest BCUT2D eigenvalue weighted by Crippen LogP contribution is 2.29. The first kappa shape index (κ1) is 13.9. The number of nitrogens with one attached hydrogen (secondary N) is 1. The largest absolute Gasteiger partial charge is 0.394 e. The van der Waals surface area contributed by atoms with E-state index in [4.69, 9.17) is 4.98 Å². The number of thiazole rings is 1. The molecule has 0 aromatic carbocycles. The molecule has 0 amide bonds. The van der Waals surface area contributed by atoms with E-state index in [1.54, 1.807) is 11.3 Å². The van der Waals surface area contributed by atoms with Crippen LogP contribution in [0.2, 0.25) is 0 Å². The number of rotatable bonds is 6. The normalized spacial score (nSPS) is 16.0. The van der Waals surface area contributed by atoms with E-state index in [1.807, 2.05) is 20.9 Å². The number of hydrogen-bond acceptors (Lipinski definition) is 5. The minimum atomic E-state index is -0.321. The predicted octanol–water partition coefficient (Wildman–Crippen LogP) is 1.85. The number of nitrogens with zero attached hydrogens (tertiary/aromatic N) is 3. The summed E-state index contributed by atoms with van der Waals surface area (Å²) >= 11 is 1.64. The highest BCUT2D eigenvalue weighted by molar-refractivity contribution is 7.15. The van der Waals surface area contributed by atoms with Gasteiger partial charge in [0.05, 0.1) is 17.8 Å². The van der Waals surface area contributed by atoms with Gasteiger partial charge in [0.1, 0.15) is 0 Å². The fourth-order valence-electron chi connectivity index (χ4n) is 2.18. The third-order valence-corrected chi connectivity index (χ3v) is 4.84. The second kappa shape index (κ2) is 5.02. The van der Waals surface area contributed by atoms with Gasteiger partial charge < -0.3 is 15.3 Å². The second-order valence-corrected chi connectivity index (χ2v) is 7.00. The average Bonchev–Trinajstić information content (AvgIpc) is 3.03. The average molecular weight is 294 g/mol. The number of likely N-dealkylation sites (N-methyl/N-ethyl adjacent to an activating group) is 1. The van der Waals surface area contributed by atoms with Gasteiger partial charge in [-0.15, -0.1) is 11.3 Å². The fraction of sp³-hybridized carbons (Fsp3) is 0.643. The van der Waals surface area contributed by atoms with Gasteiger partial charge in [0, 0.05) is 31.2 Å². The van der Waals surface area contributed by atoms with Gasteiger partial charge in [-0.05, 0) is 26.7 Å². The Labute approximate surface area is 123 Å². The summed E-state index contributed by atoms with van der Waals surface area (Å²) in [6.07, 6.45) is 4.62. The van der Waals surface area contributed by atoms with Crippen molar-refractivity contribution >= 4 is 22.1 Å². The van der Waals surface area contributed by atoms with Crippen molar-refractivity contribution in [2.45, 2.75) is 44.8 Å². The van der Waals surface area contributed by atoms with E-state index in [9.17, 15) is 5.11 Å². The van der Waals surface area contributed by atoms with E-state index in [-0.39, 0.29) is 12.1 Å². The zero-order valence-electron chi connectivity index (χ0n) is 12.3. The summed E-state index contributed by atoms with van der Waals surface area (Å²) in [5.41, 5.74) is 0.857. The first-order chi connectivity index (χ1) is 9.53. The molecule has 2 aromatic rings. The lowest BCUT2D eigenvalue weighted by molar-refractivity contribution is 0.215. The molecule has 0 saturated heterocycles. The van der Waals surface area contributed by atoms with Crippen LogP contribution < -0.4 is 10.2 Å². The minimum absolute atomic E-state index is 0.101. The van der Waals surface area contributed by atoms with E-state index in [0.29, 0.717) is 6.04 Å². The van der Waals surface area contributed by atoms with Gasteiger partial charge >= 0.3 is 0 Å². The van der Waals surface area contributed by atoms with Gasteiger partial charge in [-0.1, -0.05) is 0 Å². The molecule has 20 heavy (non-hydrogen) atoms. The maximum Gasteiger partial charge on any atom is 0.195 e. The van der Waals surface area contributed by atoms with E-state index in [2.05, 4.69) is 26.2 Å². The number of hydrogen-bond donors (Lipinski definition) is 2. The zero-order chi connectivity index (χ0) is 14.3. The molecule has 5 nitrogen and oxygen atoms in total. The van der Waals surface area contributed by atoms with E-state index < -0.39 is 0 Å². The molecular formula is C14H22N4OS. The van der Waals surface area contributed by atoms with Gasteiger partial charge in [-0.25, -0.2) is 4.98 Å². The summed E-state index contributed by atoms with van der Waals surface area (Å²) in [7, 11) is 2.00. The maximum absolute atomic E-state index is 9.58. The van der Waals surface area contributed by atoms with Crippen LogP contribution >= 0.6 is 11.3 Å². The van der Waals surface area contributed by atoms with E-state index in [1.165, 1.54) is 18.5 Å². The topological polar surface area (TPSA) is 52.8 Å². The van der Waals surface area contributed by atoms with E-state index >= 15 is 0 Å². The molecule has 0 radical (unpaired) electrons. The number of aromatic nitrogens is 2. The number of aliphatic hydroxyl groups excluding tert-OH is 1. The molecule has 1 saturated carbocycles. The van der Waals surface area contributed by atoms with Crippen LogP contribution in [0, 0.1) is 0 Å². The number of imidazole rings is 1. The van der Waals surface area contributed by atoms with Crippen LogP contribution in [-0.2, 0) is 6.54 Å². The third kappa shape index (κ3) is 2.43. The molecule has 3 rings (SSSR count). The Kier molecular flexibility index (Phi) is 3.48. The second-order valence-electron chi connectivity index (χ2n) is 6.12. The number of fused-ring (bicyclic) bond motifs is 1. The molecule has 2 heterocycles. The minimum Gasteiger partial charge on any atom is -0.394 e. The fourth-order valence-corrected chi connectivity index (χ4v) is 2.90. The Balaban J connectivity index is 1.95. The molecule has 0 aliphatic heterocycles. The van der Waals surface area contributed by atoms with Gasteiger partial charge in [0.25, 0.3) is 0 Å². The number of anilines is 1. The molecule has 1 aliphatic carbocycles. The van der Waals surface area contributed by atoms with Gasteiger partial charge in [-0.2, -0.15) is 0 Å². The summed E-state index contributed by atoms with van der Waals surface area (Å²) in [5, 5.41) is 15.2. The zero-order valence-corrected chi connectivity index (χ0v) is 13.1. The van der Waals surface area contributed by atoms with Crippen molar-refractivity contribution in [3.8, 4) is 0 Å². The van der Waals surface area contributed by atoms with Crippen LogP contribution in [0.5, 0.6) is 0 Å². The molecule has 0 spiro atoms. The standard InChI is InChI=1S/C14H22N4OS/c1-14(2,9-19)17(3)12-11(8-15-10-4-5-10)18-6-7-20-13(18)16-12/h6-7,10,15,19H,4-5,8-9H2,1-3H3. The quantitative estimate of drug-likeness (QED) is 0.854. The summed E-state index contributed by atoms with van der Waals surface area (Å²) in [5.74, 6) is 0.962. The molecule has 6 heteroatoms. The van der Waals surface area contributed by atoms with Crippen molar-refractivity contribution in [2.75, 3.05) is 18.6 Å². The Morgan fingerprint density at radius 3 is 2.95 bits per heavy atom. The van der Waals surface area contributed by atoms with Crippen molar-refractivity contribution in [2.24, 2.45) is 0 Å². The lowest BCUT2D eigenvalue weighted by Crippen LogP contribution is -2.45. The van der Waals surface area contributed by atoms with Gasteiger partial charge in [0.2, 0.25) is 0 Å². The molecule has 0 unspecified atom stereocenters. The molecule has 2 N–H and O–H groups in total. The van der Waals surface area contributed by atoms with Crippen LogP contribution in [0.3, 0.4) is 0 Å². The molecule has 110 valence electrons. The monoisotopic (exact) mass is 294 g/mol. The van der Waals surface area contributed by atoms with Gasteiger partial charge in [-0.3, -0.25) is 4.40 Å². The van der Waals surface area contributed by atoms with Crippen LogP contribution in [0.15, 0.2) is 11.6 Å². The Hall–Kier alpha value is -1.11. The third-order valence-electron chi connectivity index (χ3n) is 4.09. The molecule has 0 bridgehead atoms. The highest BCUT2D eigenvalue weighted by Gasteiger charge is 2.29. The van der Waals surface area contributed by atoms with Crippen LogP contribution in [0.4, 0.5) is 5.82 Å². The lowest BCUT2D eigenvalue weighted by Gasteiger charge is -2.34. The van der Waals surface area contributed by atoms with Crippen molar-refractivity contribution in [3.63, 3.8) is 0 Å². The lowest BCUT2D eigenvalue weighted by atomic mass is 10.1. The summed E-state index contributed by atoms with van der Waals surface area (Å²) in [4.78, 5) is 7.83.